The lowest BCUT2D eigenvalue weighted by atomic mass is 9.64. The van der Waals surface area contributed by atoms with E-state index in [1.165, 1.54) is 0 Å². The second kappa shape index (κ2) is 8.76. The van der Waals surface area contributed by atoms with Crippen LogP contribution in [0.2, 0.25) is 0 Å². The molecule has 10 heteroatoms. The van der Waals surface area contributed by atoms with Gasteiger partial charge in [0.1, 0.15) is 5.52 Å². The van der Waals surface area contributed by atoms with E-state index in [2.05, 4.69) is 51.8 Å². The average Bonchev–Trinajstić information content (AvgIpc) is 3.58. The number of nitrogens with one attached hydrogen (secondary N) is 4. The van der Waals surface area contributed by atoms with Gasteiger partial charge in [0.05, 0.1) is 11.5 Å². The first-order valence-electron chi connectivity index (χ1n) is 13.3. The van der Waals surface area contributed by atoms with Crippen LogP contribution >= 0.6 is 0 Å². The maximum absolute atomic E-state index is 13.4. The van der Waals surface area contributed by atoms with Gasteiger partial charge in [0.25, 0.3) is 0 Å². The molecular formula is C26H37N9O. The molecule has 3 unspecified atom stereocenters. The zero-order chi connectivity index (χ0) is 24.9. The summed E-state index contributed by atoms with van der Waals surface area (Å²) in [6.45, 7) is 9.22. The molecule has 4 N–H and O–H groups in total. The van der Waals surface area contributed by atoms with Crippen molar-refractivity contribution in [3.8, 4) is 0 Å². The average molecular weight is 492 g/mol. The van der Waals surface area contributed by atoms with Crippen LogP contribution in [0, 0.1) is 5.92 Å². The number of rotatable bonds is 5. The lowest BCUT2D eigenvalue weighted by molar-refractivity contribution is -0.132. The molecule has 192 valence electrons. The van der Waals surface area contributed by atoms with Gasteiger partial charge in [-0.2, -0.15) is 10.1 Å². The van der Waals surface area contributed by atoms with E-state index in [9.17, 15) is 4.79 Å². The second-order valence-electron chi connectivity index (χ2n) is 11.6. The minimum absolute atomic E-state index is 0.0242. The summed E-state index contributed by atoms with van der Waals surface area (Å²) < 4.78 is 1.87. The van der Waals surface area contributed by atoms with E-state index in [0.29, 0.717) is 11.8 Å². The lowest BCUT2D eigenvalue weighted by Gasteiger charge is -2.51. The van der Waals surface area contributed by atoms with Gasteiger partial charge in [0.15, 0.2) is 11.6 Å². The Morgan fingerprint density at radius 2 is 2.11 bits per heavy atom. The summed E-state index contributed by atoms with van der Waals surface area (Å²) in [6, 6.07) is 6.24. The standard InChI is InChI=1S/C26H37N9O/c1-25(2,3)20-15-21(32-31-20)29-22-19-8-5-14-35(19)33-24(30-22)34-13-6-10-26(34)11-9-18(26)23(36)28-17-7-4-12-27-16-17/h5,8,14-15,17-18,27H,4,6-7,9-13,16H2,1-3H3,(H,28,36)(H2,29,30,31,32,33). The Labute approximate surface area is 211 Å². The molecule has 1 spiro atoms. The van der Waals surface area contributed by atoms with Crippen molar-refractivity contribution in [1.29, 1.82) is 0 Å². The number of H-pyrrole nitrogens is 1. The maximum atomic E-state index is 13.4. The van der Waals surface area contributed by atoms with Crippen molar-refractivity contribution in [2.75, 3.05) is 29.9 Å². The maximum Gasteiger partial charge on any atom is 0.246 e. The highest BCUT2D eigenvalue weighted by Crippen LogP contribution is 2.51. The third-order valence-corrected chi connectivity index (χ3v) is 8.26. The number of aromatic amines is 1. The van der Waals surface area contributed by atoms with E-state index in [4.69, 9.17) is 10.1 Å². The van der Waals surface area contributed by atoms with Crippen molar-refractivity contribution in [3.05, 3.63) is 30.1 Å². The fraction of sp³-hybridized carbons (Fsp3) is 0.615. The fourth-order valence-corrected chi connectivity index (χ4v) is 6.12. The molecule has 2 aliphatic heterocycles. The summed E-state index contributed by atoms with van der Waals surface area (Å²) in [6.07, 6.45) is 8.06. The van der Waals surface area contributed by atoms with Crippen LogP contribution in [0.15, 0.2) is 24.4 Å². The van der Waals surface area contributed by atoms with Gasteiger partial charge >= 0.3 is 0 Å². The molecule has 0 radical (unpaired) electrons. The molecule has 3 aliphatic rings. The van der Waals surface area contributed by atoms with Gasteiger partial charge in [0.2, 0.25) is 11.9 Å². The summed E-state index contributed by atoms with van der Waals surface area (Å²) in [7, 11) is 0. The molecule has 10 nitrogen and oxygen atoms in total. The number of carbonyl (C=O) groups excluding carboxylic acids is 1. The Morgan fingerprint density at radius 1 is 1.22 bits per heavy atom. The minimum atomic E-state index is -0.198. The third kappa shape index (κ3) is 4.01. The number of amides is 1. The minimum Gasteiger partial charge on any atom is -0.352 e. The molecule has 3 atom stereocenters. The largest absolute Gasteiger partial charge is 0.352 e. The van der Waals surface area contributed by atoms with E-state index in [1.54, 1.807) is 0 Å². The van der Waals surface area contributed by atoms with Gasteiger partial charge in [-0.1, -0.05) is 20.8 Å². The first-order chi connectivity index (χ1) is 17.3. The molecular weight excluding hydrogens is 454 g/mol. The summed E-state index contributed by atoms with van der Waals surface area (Å²) in [5.74, 6) is 2.27. The molecule has 3 fully saturated rings. The molecule has 5 heterocycles. The molecule has 0 aromatic carbocycles. The molecule has 2 saturated heterocycles. The van der Waals surface area contributed by atoms with Gasteiger partial charge < -0.3 is 20.9 Å². The van der Waals surface area contributed by atoms with E-state index in [-0.39, 0.29) is 28.8 Å². The first-order valence-corrected chi connectivity index (χ1v) is 13.3. The number of piperidine rings is 1. The van der Waals surface area contributed by atoms with Gasteiger partial charge in [-0.05, 0) is 57.2 Å². The summed E-state index contributed by atoms with van der Waals surface area (Å²) in [4.78, 5) is 20.7. The van der Waals surface area contributed by atoms with Crippen molar-refractivity contribution in [2.24, 2.45) is 5.92 Å². The van der Waals surface area contributed by atoms with Crippen molar-refractivity contribution < 1.29 is 4.79 Å². The highest BCUT2D eigenvalue weighted by Gasteiger charge is 2.57. The predicted octanol–water partition coefficient (Wildman–Crippen LogP) is 3.11. The Kier molecular flexibility index (Phi) is 5.66. The van der Waals surface area contributed by atoms with E-state index < -0.39 is 0 Å². The van der Waals surface area contributed by atoms with Crippen molar-refractivity contribution in [1.82, 2.24) is 35.4 Å². The number of hydrogen-bond donors (Lipinski definition) is 4. The smallest absolute Gasteiger partial charge is 0.246 e. The van der Waals surface area contributed by atoms with Crippen LogP contribution in [0.3, 0.4) is 0 Å². The predicted molar refractivity (Wildman–Crippen MR) is 140 cm³/mol. The molecule has 1 amide bonds. The summed E-state index contributed by atoms with van der Waals surface area (Å²) in [5.41, 5.74) is 1.72. The van der Waals surface area contributed by atoms with E-state index >= 15 is 0 Å². The second-order valence-corrected chi connectivity index (χ2v) is 11.6. The number of anilines is 3. The molecule has 3 aromatic rings. The Morgan fingerprint density at radius 3 is 2.83 bits per heavy atom. The Bertz CT molecular complexity index is 1250. The number of fused-ring (bicyclic) bond motifs is 1. The zero-order valence-electron chi connectivity index (χ0n) is 21.5. The summed E-state index contributed by atoms with van der Waals surface area (Å²) in [5, 5.41) is 22.6. The SMILES string of the molecule is CC(C)(C)c1cc(Nc2nc(N3CCCC34CCC4C(=O)NC3CCCNC3)nn3cccc23)n[nH]1. The highest BCUT2D eigenvalue weighted by molar-refractivity contribution is 5.83. The van der Waals surface area contributed by atoms with Gasteiger partial charge in [0, 0.05) is 42.5 Å². The van der Waals surface area contributed by atoms with Crippen LogP contribution in [-0.2, 0) is 10.2 Å². The van der Waals surface area contributed by atoms with Crippen molar-refractivity contribution in [3.63, 3.8) is 0 Å². The van der Waals surface area contributed by atoms with Crippen LogP contribution in [-0.4, -0.2) is 61.9 Å². The van der Waals surface area contributed by atoms with E-state index in [1.807, 2.05) is 28.9 Å². The zero-order valence-corrected chi connectivity index (χ0v) is 21.5. The van der Waals surface area contributed by atoms with E-state index in [0.717, 1.165) is 75.2 Å². The van der Waals surface area contributed by atoms with Crippen LogP contribution in [0.1, 0.15) is 65.0 Å². The monoisotopic (exact) mass is 491 g/mol. The first kappa shape index (κ1) is 23.3. The molecule has 6 rings (SSSR count). The molecule has 0 bridgehead atoms. The molecule has 1 saturated carbocycles. The lowest BCUT2D eigenvalue weighted by Crippen LogP contribution is -2.63. The van der Waals surface area contributed by atoms with Crippen LogP contribution in [0.4, 0.5) is 17.6 Å². The molecule has 3 aromatic heterocycles. The highest BCUT2D eigenvalue weighted by atomic mass is 16.2. The Hall–Kier alpha value is -3.14. The van der Waals surface area contributed by atoms with Crippen LogP contribution < -0.4 is 20.9 Å². The van der Waals surface area contributed by atoms with Gasteiger partial charge in [-0.3, -0.25) is 9.89 Å². The normalized spacial score (nSPS) is 26.4. The number of nitrogens with zero attached hydrogens (tertiary/aromatic N) is 5. The number of hydrogen-bond acceptors (Lipinski definition) is 7. The topological polar surface area (TPSA) is 115 Å². The fourth-order valence-electron chi connectivity index (χ4n) is 6.12. The van der Waals surface area contributed by atoms with Crippen molar-refractivity contribution >= 4 is 29.0 Å². The Balaban J connectivity index is 1.27. The van der Waals surface area contributed by atoms with Gasteiger partial charge in [-0.25, -0.2) is 4.52 Å². The number of carbonyl (C=O) groups is 1. The molecule has 1 aliphatic carbocycles. The van der Waals surface area contributed by atoms with Crippen LogP contribution in [0.5, 0.6) is 0 Å². The molecule has 36 heavy (non-hydrogen) atoms. The summed E-state index contributed by atoms with van der Waals surface area (Å²) >= 11 is 0. The third-order valence-electron chi connectivity index (χ3n) is 8.26. The van der Waals surface area contributed by atoms with Crippen molar-refractivity contribution in [2.45, 2.75) is 76.3 Å². The number of aromatic nitrogens is 5. The van der Waals surface area contributed by atoms with Gasteiger partial charge in [-0.15, -0.1) is 5.10 Å². The quantitative estimate of drug-likeness (QED) is 0.433. The van der Waals surface area contributed by atoms with Crippen LogP contribution in [0.25, 0.3) is 5.52 Å².